The fourth-order valence-corrected chi connectivity index (χ4v) is 3.21. The molecule has 1 amide bonds. The highest BCUT2D eigenvalue weighted by molar-refractivity contribution is 5.68. The summed E-state index contributed by atoms with van der Waals surface area (Å²) in [6, 6.07) is 12.4. The molecule has 0 radical (unpaired) electrons. The Bertz CT molecular complexity index is 723. The number of hydrogen-bond acceptors (Lipinski definition) is 3. The third kappa shape index (κ3) is 4.21. The first-order chi connectivity index (χ1) is 11.8. The van der Waals surface area contributed by atoms with E-state index in [2.05, 4.69) is 25.1 Å². The van der Waals surface area contributed by atoms with Gasteiger partial charge < -0.3 is 9.64 Å². The summed E-state index contributed by atoms with van der Waals surface area (Å²) in [4.78, 5) is 14.0. The van der Waals surface area contributed by atoms with E-state index in [1.54, 1.807) is 0 Å². The molecule has 1 aliphatic heterocycles. The van der Waals surface area contributed by atoms with Crippen molar-refractivity contribution in [1.29, 1.82) is 0 Å². The average molecular weight is 341 g/mol. The number of ether oxygens (including phenoxy) is 1. The number of likely N-dealkylation sites (tertiary alicyclic amines) is 1. The second kappa shape index (κ2) is 6.90. The minimum atomic E-state index is -0.445. The first-order valence-corrected chi connectivity index (χ1v) is 8.93. The lowest BCUT2D eigenvalue weighted by Crippen LogP contribution is -2.41. The fraction of sp³-hybridized carbons (Fsp3) is 0.500. The molecule has 134 valence electrons. The summed E-state index contributed by atoms with van der Waals surface area (Å²) in [5.41, 5.74) is 2.89. The lowest BCUT2D eigenvalue weighted by molar-refractivity contribution is 0.0204. The quantitative estimate of drug-likeness (QED) is 0.818. The van der Waals surface area contributed by atoms with Crippen molar-refractivity contribution in [1.82, 2.24) is 14.7 Å². The van der Waals surface area contributed by atoms with E-state index in [4.69, 9.17) is 9.84 Å². The zero-order valence-corrected chi connectivity index (χ0v) is 15.5. The van der Waals surface area contributed by atoms with Gasteiger partial charge in [0.25, 0.3) is 0 Å². The van der Waals surface area contributed by atoms with Crippen molar-refractivity contribution in [3.05, 3.63) is 47.8 Å². The lowest BCUT2D eigenvalue weighted by atomic mass is 9.94. The van der Waals surface area contributed by atoms with Crippen molar-refractivity contribution >= 4 is 6.09 Å². The molecule has 2 aromatic rings. The maximum atomic E-state index is 12.2. The van der Waals surface area contributed by atoms with Crippen molar-refractivity contribution < 1.29 is 9.53 Å². The molecule has 0 N–H and O–H groups in total. The van der Waals surface area contributed by atoms with Crippen LogP contribution in [0.1, 0.15) is 50.9 Å². The second-order valence-electron chi connectivity index (χ2n) is 7.70. The Morgan fingerprint density at radius 1 is 1.16 bits per heavy atom. The lowest BCUT2D eigenvalue weighted by Gasteiger charge is -2.32. The van der Waals surface area contributed by atoms with Crippen molar-refractivity contribution in [2.75, 3.05) is 13.1 Å². The van der Waals surface area contributed by atoms with Gasteiger partial charge in [-0.1, -0.05) is 18.2 Å². The standard InChI is InChI=1S/C20H27N3O2/c1-15-14-18(21-23(15)17-8-6-5-7-9-17)16-10-12-22(13-11-16)19(24)25-20(2,3)4/h5-9,14,16H,10-13H2,1-4H3. The topological polar surface area (TPSA) is 47.4 Å². The van der Waals surface area contributed by atoms with Crippen LogP contribution in [0.5, 0.6) is 0 Å². The van der Waals surface area contributed by atoms with Crippen LogP contribution in [0.4, 0.5) is 4.79 Å². The smallest absolute Gasteiger partial charge is 0.410 e. The number of aryl methyl sites for hydroxylation is 1. The van der Waals surface area contributed by atoms with Crippen LogP contribution in [0.2, 0.25) is 0 Å². The highest BCUT2D eigenvalue weighted by atomic mass is 16.6. The Kier molecular flexibility index (Phi) is 4.84. The molecule has 1 saturated heterocycles. The average Bonchev–Trinajstić information content (AvgIpc) is 2.96. The number of piperidine rings is 1. The van der Waals surface area contributed by atoms with Gasteiger partial charge in [0.2, 0.25) is 0 Å². The number of benzene rings is 1. The molecule has 1 fully saturated rings. The van der Waals surface area contributed by atoms with Gasteiger partial charge in [0.05, 0.1) is 11.4 Å². The van der Waals surface area contributed by atoms with Crippen LogP contribution in [0.25, 0.3) is 5.69 Å². The van der Waals surface area contributed by atoms with E-state index in [1.165, 1.54) is 0 Å². The molecule has 0 spiro atoms. The first-order valence-electron chi connectivity index (χ1n) is 8.93. The van der Waals surface area contributed by atoms with Crippen molar-refractivity contribution in [2.24, 2.45) is 0 Å². The van der Waals surface area contributed by atoms with E-state index < -0.39 is 5.60 Å². The van der Waals surface area contributed by atoms with E-state index in [1.807, 2.05) is 48.6 Å². The first kappa shape index (κ1) is 17.5. The number of carbonyl (C=O) groups is 1. The molecule has 1 aromatic heterocycles. The van der Waals surface area contributed by atoms with Crippen LogP contribution in [0.15, 0.2) is 36.4 Å². The van der Waals surface area contributed by atoms with Gasteiger partial charge in [-0.15, -0.1) is 0 Å². The summed E-state index contributed by atoms with van der Waals surface area (Å²) in [5.74, 6) is 0.391. The minimum Gasteiger partial charge on any atom is -0.444 e. The Morgan fingerprint density at radius 2 is 1.80 bits per heavy atom. The van der Waals surface area contributed by atoms with Crippen LogP contribution in [-0.4, -0.2) is 39.5 Å². The molecular weight excluding hydrogens is 314 g/mol. The predicted molar refractivity (Wildman–Crippen MR) is 98.1 cm³/mol. The summed E-state index contributed by atoms with van der Waals surface area (Å²) >= 11 is 0. The van der Waals surface area contributed by atoms with Crippen molar-refractivity contribution in [3.8, 4) is 5.69 Å². The van der Waals surface area contributed by atoms with Crippen LogP contribution in [0, 0.1) is 6.92 Å². The maximum Gasteiger partial charge on any atom is 0.410 e. The van der Waals surface area contributed by atoms with Crippen LogP contribution < -0.4 is 0 Å². The highest BCUT2D eigenvalue weighted by Crippen LogP contribution is 2.29. The maximum absolute atomic E-state index is 12.2. The van der Waals surface area contributed by atoms with Gasteiger partial charge >= 0.3 is 6.09 Å². The Balaban J connectivity index is 1.65. The fourth-order valence-electron chi connectivity index (χ4n) is 3.21. The Morgan fingerprint density at radius 3 is 2.40 bits per heavy atom. The van der Waals surface area contributed by atoms with E-state index in [0.717, 1.165) is 43.0 Å². The summed E-state index contributed by atoms with van der Waals surface area (Å²) in [6.45, 7) is 9.22. The molecule has 0 unspecified atom stereocenters. The van der Waals surface area contributed by atoms with Crippen molar-refractivity contribution in [3.63, 3.8) is 0 Å². The SMILES string of the molecule is Cc1cc(C2CCN(C(=O)OC(C)(C)C)CC2)nn1-c1ccccc1. The molecule has 1 aromatic carbocycles. The van der Waals surface area contributed by atoms with Gasteiger partial charge in [-0.05, 0) is 58.7 Å². The van der Waals surface area contributed by atoms with Crippen LogP contribution in [0.3, 0.4) is 0 Å². The number of carbonyl (C=O) groups excluding carboxylic acids is 1. The molecule has 2 heterocycles. The Hall–Kier alpha value is -2.30. The van der Waals surface area contributed by atoms with Crippen LogP contribution >= 0.6 is 0 Å². The van der Waals surface area contributed by atoms with Gasteiger partial charge in [0.1, 0.15) is 5.60 Å². The van der Waals surface area contributed by atoms with E-state index in [-0.39, 0.29) is 6.09 Å². The zero-order valence-electron chi connectivity index (χ0n) is 15.5. The predicted octanol–water partition coefficient (Wildman–Crippen LogP) is 4.30. The molecule has 0 saturated carbocycles. The second-order valence-corrected chi connectivity index (χ2v) is 7.70. The molecule has 1 aliphatic rings. The number of amides is 1. The molecule has 25 heavy (non-hydrogen) atoms. The normalized spacial score (nSPS) is 16.1. The third-order valence-electron chi connectivity index (χ3n) is 4.47. The molecule has 0 bridgehead atoms. The molecule has 0 aliphatic carbocycles. The zero-order chi connectivity index (χ0) is 18.0. The summed E-state index contributed by atoms with van der Waals surface area (Å²) < 4.78 is 7.46. The monoisotopic (exact) mass is 341 g/mol. The minimum absolute atomic E-state index is 0.211. The molecule has 5 nitrogen and oxygen atoms in total. The highest BCUT2D eigenvalue weighted by Gasteiger charge is 2.28. The van der Waals surface area contributed by atoms with Gasteiger partial charge in [-0.3, -0.25) is 0 Å². The largest absolute Gasteiger partial charge is 0.444 e. The number of hydrogen-bond donors (Lipinski definition) is 0. The molecule has 0 atom stereocenters. The van der Waals surface area contributed by atoms with Crippen LogP contribution in [-0.2, 0) is 4.74 Å². The summed E-state index contributed by atoms with van der Waals surface area (Å²) in [5, 5.41) is 4.81. The van der Waals surface area contributed by atoms with Gasteiger partial charge in [0.15, 0.2) is 0 Å². The Labute approximate surface area is 149 Å². The number of nitrogens with zero attached hydrogens (tertiary/aromatic N) is 3. The van der Waals surface area contributed by atoms with Gasteiger partial charge in [-0.2, -0.15) is 5.10 Å². The molecule has 5 heteroatoms. The van der Waals surface area contributed by atoms with Gasteiger partial charge in [-0.25, -0.2) is 9.48 Å². The molecular formula is C20H27N3O2. The number of aromatic nitrogens is 2. The van der Waals surface area contributed by atoms with E-state index >= 15 is 0 Å². The number of para-hydroxylation sites is 1. The third-order valence-corrected chi connectivity index (χ3v) is 4.47. The number of rotatable bonds is 2. The van der Waals surface area contributed by atoms with E-state index in [0.29, 0.717) is 5.92 Å². The summed E-state index contributed by atoms with van der Waals surface area (Å²) in [7, 11) is 0. The van der Waals surface area contributed by atoms with Crippen molar-refractivity contribution in [2.45, 2.75) is 52.1 Å². The van der Waals surface area contributed by atoms with Gasteiger partial charge in [0, 0.05) is 24.7 Å². The van der Waals surface area contributed by atoms with E-state index in [9.17, 15) is 4.79 Å². The molecule has 3 rings (SSSR count). The summed E-state index contributed by atoms with van der Waals surface area (Å²) in [6.07, 6.45) is 1.63.